The number of hydrogen-bond acceptors (Lipinski definition) is 6. The first-order valence-corrected chi connectivity index (χ1v) is 14.0. The van der Waals surface area contributed by atoms with Gasteiger partial charge in [-0.15, -0.1) is 0 Å². The van der Waals surface area contributed by atoms with Crippen LogP contribution in [-0.2, 0) is 29.6 Å². The Kier molecular flexibility index (Phi) is 8.83. The number of carbonyl (C=O) groups excluding carboxylic acids is 1. The lowest BCUT2D eigenvalue weighted by Gasteiger charge is -2.29. The van der Waals surface area contributed by atoms with Crippen LogP contribution < -0.4 is 5.32 Å². The molecule has 9 nitrogen and oxygen atoms in total. The molecule has 0 bridgehead atoms. The van der Waals surface area contributed by atoms with Gasteiger partial charge in [-0.05, 0) is 55.2 Å². The van der Waals surface area contributed by atoms with Crippen LogP contribution in [0.3, 0.4) is 0 Å². The van der Waals surface area contributed by atoms with E-state index < -0.39 is 32.5 Å². The SMILES string of the molecule is COCCN(CC(=O)Nc1ccccc1)S(=O)(=O)c1ccc(S(=O)(=O)N2CCC(C)CC2)cc1. The fourth-order valence-electron chi connectivity index (χ4n) is 3.67. The van der Waals surface area contributed by atoms with Crippen molar-refractivity contribution in [3.63, 3.8) is 0 Å². The van der Waals surface area contributed by atoms with Crippen LogP contribution in [0.2, 0.25) is 0 Å². The Morgan fingerprint density at radius 3 is 2.18 bits per heavy atom. The van der Waals surface area contributed by atoms with E-state index in [0.29, 0.717) is 24.7 Å². The van der Waals surface area contributed by atoms with Crippen LogP contribution in [0, 0.1) is 5.92 Å². The van der Waals surface area contributed by atoms with Crippen LogP contribution >= 0.6 is 0 Å². The zero-order chi connectivity index (χ0) is 24.8. The molecule has 1 N–H and O–H groups in total. The summed E-state index contributed by atoms with van der Waals surface area (Å²) in [6.45, 7) is 2.64. The number of rotatable bonds is 10. The summed E-state index contributed by atoms with van der Waals surface area (Å²) in [7, 11) is -6.33. The van der Waals surface area contributed by atoms with Gasteiger partial charge in [0.05, 0.1) is 22.9 Å². The maximum absolute atomic E-state index is 13.3. The highest BCUT2D eigenvalue weighted by atomic mass is 32.2. The molecule has 2 aromatic rings. The van der Waals surface area contributed by atoms with Crippen LogP contribution in [-0.4, -0.2) is 71.2 Å². The molecule has 1 aliphatic heterocycles. The van der Waals surface area contributed by atoms with Gasteiger partial charge in [0, 0.05) is 32.4 Å². The van der Waals surface area contributed by atoms with E-state index >= 15 is 0 Å². The molecule has 0 spiro atoms. The number of anilines is 1. The number of methoxy groups -OCH3 is 1. The van der Waals surface area contributed by atoms with Crippen molar-refractivity contribution < 1.29 is 26.4 Å². The first-order valence-electron chi connectivity index (χ1n) is 11.1. The third kappa shape index (κ3) is 6.42. The maximum Gasteiger partial charge on any atom is 0.243 e. The molecule has 2 aromatic carbocycles. The fourth-order valence-corrected chi connectivity index (χ4v) is 6.52. The van der Waals surface area contributed by atoms with Gasteiger partial charge in [0.1, 0.15) is 0 Å². The number of benzene rings is 2. The highest BCUT2D eigenvalue weighted by Crippen LogP contribution is 2.25. The number of piperidine rings is 1. The number of nitrogens with zero attached hydrogens (tertiary/aromatic N) is 2. The summed E-state index contributed by atoms with van der Waals surface area (Å²) in [5, 5.41) is 2.67. The Bertz CT molecular complexity index is 1160. The van der Waals surface area contributed by atoms with Crippen molar-refractivity contribution in [2.75, 3.05) is 45.2 Å². The average molecular weight is 510 g/mol. The Morgan fingerprint density at radius 2 is 1.59 bits per heavy atom. The van der Waals surface area contributed by atoms with Crippen molar-refractivity contribution in [2.45, 2.75) is 29.6 Å². The minimum absolute atomic E-state index is 0.0347. The molecule has 0 radical (unpaired) electrons. The summed E-state index contributed by atoms with van der Waals surface area (Å²) in [6.07, 6.45) is 1.59. The number of hydrogen-bond donors (Lipinski definition) is 1. The summed E-state index contributed by atoms with van der Waals surface area (Å²) >= 11 is 0. The summed E-state index contributed by atoms with van der Waals surface area (Å²) in [6, 6.07) is 13.9. The van der Waals surface area contributed by atoms with Gasteiger partial charge in [0.15, 0.2) is 0 Å². The molecular formula is C23H31N3O6S2. The van der Waals surface area contributed by atoms with E-state index in [4.69, 9.17) is 4.74 Å². The van der Waals surface area contributed by atoms with Gasteiger partial charge in [-0.1, -0.05) is 25.1 Å². The van der Waals surface area contributed by atoms with Crippen molar-refractivity contribution in [2.24, 2.45) is 5.92 Å². The first kappa shape index (κ1) is 26.3. The number of carbonyl (C=O) groups is 1. The monoisotopic (exact) mass is 509 g/mol. The molecule has 3 rings (SSSR count). The molecule has 1 aliphatic rings. The van der Waals surface area contributed by atoms with Crippen molar-refractivity contribution in [3.8, 4) is 0 Å². The van der Waals surface area contributed by atoms with E-state index in [2.05, 4.69) is 12.2 Å². The van der Waals surface area contributed by atoms with Crippen LogP contribution in [0.4, 0.5) is 5.69 Å². The Labute approximate surface area is 201 Å². The van der Waals surface area contributed by atoms with Crippen molar-refractivity contribution in [1.29, 1.82) is 0 Å². The molecule has 1 amide bonds. The third-order valence-electron chi connectivity index (χ3n) is 5.76. The number of nitrogens with one attached hydrogen (secondary N) is 1. The highest BCUT2D eigenvalue weighted by Gasteiger charge is 2.30. The number of ether oxygens (including phenoxy) is 1. The summed E-state index contributed by atoms with van der Waals surface area (Å²) in [5.74, 6) is -0.0134. The Balaban J connectivity index is 1.77. The van der Waals surface area contributed by atoms with E-state index in [-0.39, 0.29) is 22.9 Å². The third-order valence-corrected chi connectivity index (χ3v) is 9.54. The topological polar surface area (TPSA) is 113 Å². The number of amides is 1. The maximum atomic E-state index is 13.3. The standard InChI is InChI=1S/C23H31N3O6S2/c1-19-12-14-25(15-13-19)33(28,29)21-8-10-22(11-9-21)34(30,31)26(16-17-32-2)18-23(27)24-20-6-4-3-5-7-20/h3-11,19H,12-18H2,1-2H3,(H,24,27). The smallest absolute Gasteiger partial charge is 0.243 e. The second kappa shape index (κ2) is 11.4. The molecule has 0 aliphatic carbocycles. The zero-order valence-corrected chi connectivity index (χ0v) is 21.0. The minimum Gasteiger partial charge on any atom is -0.383 e. The van der Waals surface area contributed by atoms with Crippen LogP contribution in [0.1, 0.15) is 19.8 Å². The highest BCUT2D eigenvalue weighted by molar-refractivity contribution is 7.89. The van der Waals surface area contributed by atoms with Crippen molar-refractivity contribution >= 4 is 31.6 Å². The first-order chi connectivity index (χ1) is 16.1. The Morgan fingerprint density at radius 1 is 1.00 bits per heavy atom. The van der Waals surface area contributed by atoms with E-state index in [0.717, 1.165) is 17.1 Å². The normalized spacial score (nSPS) is 16.0. The lowest BCUT2D eigenvalue weighted by Crippen LogP contribution is -2.40. The zero-order valence-electron chi connectivity index (χ0n) is 19.4. The van der Waals surface area contributed by atoms with Gasteiger partial charge < -0.3 is 10.1 Å². The second-order valence-electron chi connectivity index (χ2n) is 8.30. The number of sulfonamides is 2. The van der Waals surface area contributed by atoms with Gasteiger partial charge in [-0.3, -0.25) is 4.79 Å². The predicted octanol–water partition coefficient (Wildman–Crippen LogP) is 2.38. The summed E-state index contributed by atoms with van der Waals surface area (Å²) in [5.41, 5.74) is 0.554. The lowest BCUT2D eigenvalue weighted by atomic mass is 10.0. The average Bonchev–Trinajstić information content (AvgIpc) is 2.82. The van der Waals surface area contributed by atoms with Crippen molar-refractivity contribution in [3.05, 3.63) is 54.6 Å². The molecule has 34 heavy (non-hydrogen) atoms. The second-order valence-corrected chi connectivity index (χ2v) is 12.2. The van der Waals surface area contributed by atoms with Crippen LogP contribution in [0.25, 0.3) is 0 Å². The molecular weight excluding hydrogens is 478 g/mol. The van der Waals surface area contributed by atoms with E-state index in [1.807, 2.05) is 0 Å². The van der Waals surface area contributed by atoms with Gasteiger partial charge in [0.2, 0.25) is 26.0 Å². The molecule has 0 saturated carbocycles. The van der Waals surface area contributed by atoms with Crippen molar-refractivity contribution in [1.82, 2.24) is 8.61 Å². The molecule has 0 atom stereocenters. The summed E-state index contributed by atoms with van der Waals surface area (Å²) < 4.78 is 59.9. The largest absolute Gasteiger partial charge is 0.383 e. The van der Waals surface area contributed by atoms with E-state index in [1.165, 1.54) is 35.7 Å². The molecule has 1 saturated heterocycles. The predicted molar refractivity (Wildman–Crippen MR) is 129 cm³/mol. The Hall–Kier alpha value is -2.31. The van der Waals surface area contributed by atoms with Gasteiger partial charge in [-0.25, -0.2) is 16.8 Å². The van der Waals surface area contributed by atoms with Crippen LogP contribution in [0.5, 0.6) is 0 Å². The minimum atomic E-state index is -4.07. The molecule has 1 heterocycles. The lowest BCUT2D eigenvalue weighted by molar-refractivity contribution is -0.116. The van der Waals surface area contributed by atoms with E-state index in [9.17, 15) is 21.6 Å². The fraction of sp³-hybridized carbons (Fsp3) is 0.435. The quantitative estimate of drug-likeness (QED) is 0.526. The summed E-state index contributed by atoms with van der Waals surface area (Å²) in [4.78, 5) is 12.5. The molecule has 0 aromatic heterocycles. The van der Waals surface area contributed by atoms with E-state index in [1.54, 1.807) is 30.3 Å². The molecule has 0 unspecified atom stereocenters. The van der Waals surface area contributed by atoms with Gasteiger partial charge >= 0.3 is 0 Å². The van der Waals surface area contributed by atoms with Gasteiger partial charge in [-0.2, -0.15) is 8.61 Å². The number of para-hydroxylation sites is 1. The molecule has 1 fully saturated rings. The van der Waals surface area contributed by atoms with Crippen LogP contribution in [0.15, 0.2) is 64.4 Å². The van der Waals surface area contributed by atoms with Gasteiger partial charge in [0.25, 0.3) is 0 Å². The molecule has 11 heteroatoms. The molecule has 186 valence electrons.